The highest BCUT2D eigenvalue weighted by molar-refractivity contribution is 7.10. The molecule has 146 valence electrons. The number of likely N-dealkylation sites (N-methyl/N-ethyl adjacent to an activating group) is 2. The highest BCUT2D eigenvalue weighted by Gasteiger charge is 2.16. The molecule has 0 saturated carbocycles. The van der Waals surface area contributed by atoms with Crippen LogP contribution in [0.1, 0.15) is 27.1 Å². The molecule has 0 fully saturated rings. The van der Waals surface area contributed by atoms with E-state index in [0.29, 0.717) is 6.54 Å². The van der Waals surface area contributed by atoms with Crippen molar-refractivity contribution in [2.45, 2.75) is 34.2 Å². The normalized spacial score (nSPS) is 10.9. The third-order valence-electron chi connectivity index (χ3n) is 4.53. The number of nitrogens with zero attached hydrogens (tertiary/aromatic N) is 2. The molecule has 1 heterocycles. The van der Waals surface area contributed by atoms with Gasteiger partial charge in [0.15, 0.2) is 0 Å². The monoisotopic (exact) mass is 387 g/mol. The first kappa shape index (κ1) is 21.1. The Bertz CT molecular complexity index is 806. The number of carbonyl (C=O) groups is 2. The van der Waals surface area contributed by atoms with Gasteiger partial charge in [0.2, 0.25) is 11.8 Å². The molecule has 27 heavy (non-hydrogen) atoms. The second-order valence-corrected chi connectivity index (χ2v) is 8.27. The van der Waals surface area contributed by atoms with Gasteiger partial charge in [-0.25, -0.2) is 0 Å². The first-order valence-electron chi connectivity index (χ1n) is 9.00. The zero-order valence-electron chi connectivity index (χ0n) is 17.0. The molecular weight excluding hydrogens is 358 g/mol. The van der Waals surface area contributed by atoms with Crippen LogP contribution in [0.3, 0.4) is 0 Å². The van der Waals surface area contributed by atoms with Gasteiger partial charge >= 0.3 is 0 Å². The molecule has 0 spiro atoms. The van der Waals surface area contributed by atoms with Crippen molar-refractivity contribution in [3.8, 4) is 0 Å². The Morgan fingerprint density at radius 2 is 1.63 bits per heavy atom. The van der Waals surface area contributed by atoms with Crippen LogP contribution < -0.4 is 5.32 Å². The quantitative estimate of drug-likeness (QED) is 0.791. The lowest BCUT2D eigenvalue weighted by Crippen LogP contribution is -2.39. The lowest BCUT2D eigenvalue weighted by Gasteiger charge is -2.22. The van der Waals surface area contributed by atoms with Crippen LogP contribution in [0.4, 0.5) is 5.69 Å². The van der Waals surface area contributed by atoms with E-state index in [9.17, 15) is 9.59 Å². The number of anilines is 1. The van der Waals surface area contributed by atoms with Gasteiger partial charge in [0.1, 0.15) is 0 Å². The molecule has 6 heteroatoms. The molecule has 2 rings (SSSR count). The fourth-order valence-electron chi connectivity index (χ4n) is 3.08. The molecule has 0 radical (unpaired) electrons. The van der Waals surface area contributed by atoms with Crippen molar-refractivity contribution in [2.24, 2.45) is 0 Å². The Hall–Kier alpha value is -2.18. The average Bonchev–Trinajstić information content (AvgIpc) is 2.95. The molecule has 0 aliphatic heterocycles. The molecule has 1 aromatic carbocycles. The molecule has 2 amide bonds. The predicted molar refractivity (Wildman–Crippen MR) is 112 cm³/mol. The summed E-state index contributed by atoms with van der Waals surface area (Å²) >= 11 is 1.66. The smallest absolute Gasteiger partial charge is 0.238 e. The van der Waals surface area contributed by atoms with Gasteiger partial charge in [0.05, 0.1) is 19.6 Å². The van der Waals surface area contributed by atoms with E-state index >= 15 is 0 Å². The summed E-state index contributed by atoms with van der Waals surface area (Å²) in [7, 11) is 3.59. The maximum Gasteiger partial charge on any atom is 0.238 e. The van der Waals surface area contributed by atoms with Crippen LogP contribution in [0, 0.1) is 27.7 Å². The number of hydrogen-bond acceptors (Lipinski definition) is 4. The molecule has 1 aromatic heterocycles. The molecule has 0 bridgehead atoms. The van der Waals surface area contributed by atoms with Crippen molar-refractivity contribution < 1.29 is 9.59 Å². The van der Waals surface area contributed by atoms with Gasteiger partial charge in [-0.15, -0.1) is 11.3 Å². The van der Waals surface area contributed by atoms with Crippen molar-refractivity contribution in [3.63, 3.8) is 0 Å². The van der Waals surface area contributed by atoms with Gasteiger partial charge in [0, 0.05) is 17.6 Å². The Labute approximate surface area is 166 Å². The third-order valence-corrected chi connectivity index (χ3v) is 5.54. The molecule has 2 aromatic rings. The van der Waals surface area contributed by atoms with E-state index in [4.69, 9.17) is 0 Å². The van der Waals surface area contributed by atoms with E-state index in [1.807, 2.05) is 26.2 Å². The molecule has 0 aliphatic rings. The minimum Gasteiger partial charge on any atom is -0.339 e. The SMILES string of the molecule is Cc1cc(C)c(NC(=O)CN(C)CC(=O)N(C)Cc2sccc2C)c(C)c1. The number of aryl methyl sites for hydroxylation is 4. The van der Waals surface area contributed by atoms with Crippen LogP contribution in [-0.4, -0.2) is 48.8 Å². The molecule has 0 aliphatic carbocycles. The highest BCUT2D eigenvalue weighted by Crippen LogP contribution is 2.22. The summed E-state index contributed by atoms with van der Waals surface area (Å²) in [6, 6.07) is 6.17. The molecule has 0 saturated heterocycles. The Balaban J connectivity index is 1.87. The first-order chi connectivity index (χ1) is 12.7. The van der Waals surface area contributed by atoms with E-state index in [-0.39, 0.29) is 24.9 Å². The Kier molecular flexibility index (Phi) is 7.16. The zero-order valence-corrected chi connectivity index (χ0v) is 17.9. The summed E-state index contributed by atoms with van der Waals surface area (Å²) in [5, 5.41) is 5.02. The summed E-state index contributed by atoms with van der Waals surface area (Å²) in [4.78, 5) is 29.5. The van der Waals surface area contributed by atoms with Gasteiger partial charge in [0.25, 0.3) is 0 Å². The fourth-order valence-corrected chi connectivity index (χ4v) is 4.04. The summed E-state index contributed by atoms with van der Waals surface area (Å²) in [5.41, 5.74) is 5.33. The summed E-state index contributed by atoms with van der Waals surface area (Å²) in [5.74, 6) is -0.113. The number of nitrogens with one attached hydrogen (secondary N) is 1. The van der Waals surface area contributed by atoms with Gasteiger partial charge in [-0.3, -0.25) is 14.5 Å². The molecule has 0 atom stereocenters. The topological polar surface area (TPSA) is 52.7 Å². The van der Waals surface area contributed by atoms with Crippen molar-refractivity contribution in [3.05, 3.63) is 50.7 Å². The van der Waals surface area contributed by atoms with Crippen LogP contribution in [0.5, 0.6) is 0 Å². The maximum atomic E-state index is 12.4. The molecular formula is C21H29N3O2S. The second-order valence-electron chi connectivity index (χ2n) is 7.27. The van der Waals surface area contributed by atoms with Crippen LogP contribution in [0.2, 0.25) is 0 Å². The lowest BCUT2D eigenvalue weighted by molar-refractivity contribution is -0.131. The average molecular weight is 388 g/mol. The Morgan fingerprint density at radius 3 is 2.19 bits per heavy atom. The van der Waals surface area contributed by atoms with Crippen LogP contribution in [0.15, 0.2) is 23.6 Å². The fraction of sp³-hybridized carbons (Fsp3) is 0.429. The Morgan fingerprint density at radius 1 is 1.00 bits per heavy atom. The maximum absolute atomic E-state index is 12.4. The summed E-state index contributed by atoms with van der Waals surface area (Å²) < 4.78 is 0. The number of carbonyl (C=O) groups excluding carboxylic acids is 2. The highest BCUT2D eigenvalue weighted by atomic mass is 32.1. The molecule has 0 unspecified atom stereocenters. The van der Waals surface area contributed by atoms with Gasteiger partial charge in [-0.05, 0) is 62.9 Å². The number of amides is 2. The van der Waals surface area contributed by atoms with Crippen LogP contribution in [-0.2, 0) is 16.1 Å². The number of rotatable bonds is 7. The largest absolute Gasteiger partial charge is 0.339 e. The standard InChI is InChI=1S/C21H29N3O2S/c1-14-9-16(3)21(17(4)10-14)22-19(25)12-23(5)13-20(26)24(6)11-18-15(2)7-8-27-18/h7-10H,11-13H2,1-6H3,(H,22,25). The van der Waals surface area contributed by atoms with E-state index in [1.165, 1.54) is 16.0 Å². The van der Waals surface area contributed by atoms with E-state index < -0.39 is 0 Å². The lowest BCUT2D eigenvalue weighted by atomic mass is 10.1. The van der Waals surface area contributed by atoms with Crippen LogP contribution >= 0.6 is 11.3 Å². The number of thiophene rings is 1. The minimum absolute atomic E-state index is 0.000738. The first-order valence-corrected chi connectivity index (χ1v) is 9.88. The summed E-state index contributed by atoms with van der Waals surface area (Å²) in [6.07, 6.45) is 0. The third kappa shape index (κ3) is 5.91. The zero-order chi connectivity index (χ0) is 20.1. The van der Waals surface area contributed by atoms with Gasteiger partial charge < -0.3 is 10.2 Å². The number of benzene rings is 1. The minimum atomic E-state index is -0.114. The van der Waals surface area contributed by atoms with Crippen LogP contribution in [0.25, 0.3) is 0 Å². The molecule has 1 N–H and O–H groups in total. The summed E-state index contributed by atoms with van der Waals surface area (Å²) in [6.45, 7) is 9.05. The second kappa shape index (κ2) is 9.15. The van der Waals surface area contributed by atoms with Gasteiger partial charge in [-0.2, -0.15) is 0 Å². The van der Waals surface area contributed by atoms with E-state index in [2.05, 4.69) is 30.4 Å². The number of hydrogen-bond donors (Lipinski definition) is 1. The van der Waals surface area contributed by atoms with Crippen molar-refractivity contribution in [1.82, 2.24) is 9.80 Å². The predicted octanol–water partition coefficient (Wildman–Crippen LogP) is 3.51. The molecule has 5 nitrogen and oxygen atoms in total. The van der Waals surface area contributed by atoms with Crippen molar-refractivity contribution >= 4 is 28.8 Å². The van der Waals surface area contributed by atoms with Crippen molar-refractivity contribution in [1.29, 1.82) is 0 Å². The van der Waals surface area contributed by atoms with Crippen molar-refractivity contribution in [2.75, 3.05) is 32.5 Å². The van der Waals surface area contributed by atoms with E-state index in [0.717, 1.165) is 16.8 Å². The van der Waals surface area contributed by atoms with Gasteiger partial charge in [-0.1, -0.05) is 17.7 Å². The van der Waals surface area contributed by atoms with E-state index in [1.54, 1.807) is 35.2 Å².